The van der Waals surface area contributed by atoms with Gasteiger partial charge < -0.3 is 10.6 Å². The van der Waals surface area contributed by atoms with E-state index in [1.807, 2.05) is 0 Å². The van der Waals surface area contributed by atoms with Crippen LogP contribution in [0.5, 0.6) is 0 Å². The number of benzene rings is 1. The standard InChI is InChI=1S/C13H10F7N3/c1-23-5-7(6-2-3-8(14)9(21)4-6)10(12(15,16)17)22-11(23)13(18,19)20/h2-5,11H,21H2,1H3. The predicted molar refractivity (Wildman–Crippen MR) is 69.9 cm³/mol. The first kappa shape index (κ1) is 17.1. The lowest BCUT2D eigenvalue weighted by Crippen LogP contribution is -2.44. The summed E-state index contributed by atoms with van der Waals surface area (Å²) in [6.07, 6.45) is -12.1. The van der Waals surface area contributed by atoms with Gasteiger partial charge in [-0.2, -0.15) is 26.3 Å². The molecule has 1 aromatic rings. The predicted octanol–water partition coefficient (Wildman–Crippen LogP) is 3.59. The Labute approximate surface area is 125 Å². The molecule has 0 saturated carbocycles. The summed E-state index contributed by atoms with van der Waals surface area (Å²) in [6.45, 7) is 0. The highest BCUT2D eigenvalue weighted by atomic mass is 19.4. The van der Waals surface area contributed by atoms with Crippen molar-refractivity contribution in [3.8, 4) is 0 Å². The molecule has 0 bridgehead atoms. The number of hydrogen-bond acceptors (Lipinski definition) is 3. The summed E-state index contributed by atoms with van der Waals surface area (Å²) in [5, 5.41) is 0. The van der Waals surface area contributed by atoms with Crippen molar-refractivity contribution in [3.63, 3.8) is 0 Å². The Kier molecular flexibility index (Phi) is 4.03. The molecule has 0 saturated heterocycles. The van der Waals surface area contributed by atoms with Crippen molar-refractivity contribution >= 4 is 17.0 Å². The number of nitrogens with two attached hydrogens (primary N) is 1. The number of rotatable bonds is 1. The molecule has 1 heterocycles. The fourth-order valence-electron chi connectivity index (χ4n) is 2.07. The first-order valence-electron chi connectivity index (χ1n) is 6.12. The molecule has 1 atom stereocenters. The molecule has 1 unspecified atom stereocenters. The van der Waals surface area contributed by atoms with Gasteiger partial charge in [-0.05, 0) is 17.7 Å². The van der Waals surface area contributed by atoms with Crippen molar-refractivity contribution in [1.82, 2.24) is 4.90 Å². The highest BCUT2D eigenvalue weighted by Gasteiger charge is 2.48. The lowest BCUT2D eigenvalue weighted by atomic mass is 9.99. The molecule has 0 fully saturated rings. The van der Waals surface area contributed by atoms with E-state index in [1.165, 1.54) is 0 Å². The molecular weight excluding hydrogens is 331 g/mol. The number of halogens is 7. The normalized spacial score (nSPS) is 19.5. The van der Waals surface area contributed by atoms with E-state index in [4.69, 9.17) is 5.73 Å². The molecule has 1 aromatic carbocycles. The Morgan fingerprint density at radius 1 is 1.13 bits per heavy atom. The summed E-state index contributed by atoms with van der Waals surface area (Å²) in [6, 6.07) is 2.72. The molecule has 3 nitrogen and oxygen atoms in total. The third-order valence-corrected chi connectivity index (χ3v) is 3.09. The Hall–Kier alpha value is -2.26. The fraction of sp³-hybridized carbons (Fsp3) is 0.308. The van der Waals surface area contributed by atoms with Crippen molar-refractivity contribution in [2.45, 2.75) is 18.5 Å². The molecule has 0 aliphatic carbocycles. The highest BCUT2D eigenvalue weighted by Crippen LogP contribution is 2.37. The van der Waals surface area contributed by atoms with Crippen LogP contribution in [0.15, 0.2) is 29.4 Å². The first-order chi connectivity index (χ1) is 10.4. The highest BCUT2D eigenvalue weighted by molar-refractivity contribution is 6.27. The second kappa shape index (κ2) is 5.43. The molecule has 0 radical (unpaired) electrons. The van der Waals surface area contributed by atoms with Crippen LogP contribution in [-0.4, -0.2) is 36.2 Å². The molecule has 0 spiro atoms. The van der Waals surface area contributed by atoms with E-state index in [0.717, 1.165) is 25.2 Å². The van der Waals surface area contributed by atoms with E-state index in [0.29, 0.717) is 11.1 Å². The number of allylic oxidation sites excluding steroid dienone is 1. The van der Waals surface area contributed by atoms with Gasteiger partial charge in [0.15, 0.2) is 5.71 Å². The van der Waals surface area contributed by atoms with Crippen LogP contribution in [0.25, 0.3) is 5.57 Å². The zero-order valence-corrected chi connectivity index (χ0v) is 11.5. The topological polar surface area (TPSA) is 41.6 Å². The van der Waals surface area contributed by atoms with Crippen LogP contribution >= 0.6 is 0 Å². The lowest BCUT2D eigenvalue weighted by molar-refractivity contribution is -0.172. The number of anilines is 1. The van der Waals surface area contributed by atoms with Gasteiger partial charge in [0.2, 0.25) is 6.17 Å². The second-order valence-electron chi connectivity index (χ2n) is 4.84. The van der Waals surface area contributed by atoms with Crippen molar-refractivity contribution < 1.29 is 30.7 Å². The minimum absolute atomic E-state index is 0.188. The molecule has 126 valence electrons. The molecule has 10 heteroatoms. The van der Waals surface area contributed by atoms with E-state index in [9.17, 15) is 30.7 Å². The van der Waals surface area contributed by atoms with Crippen LogP contribution in [0, 0.1) is 5.82 Å². The SMILES string of the molecule is CN1C=C(c2ccc(F)c(N)c2)C(C(F)(F)F)=NC1C(F)(F)F. The van der Waals surface area contributed by atoms with E-state index >= 15 is 0 Å². The smallest absolute Gasteiger partial charge is 0.396 e. The third-order valence-electron chi connectivity index (χ3n) is 3.09. The fourth-order valence-corrected chi connectivity index (χ4v) is 2.07. The van der Waals surface area contributed by atoms with E-state index in [1.54, 1.807) is 0 Å². The molecule has 2 rings (SSSR count). The summed E-state index contributed by atoms with van der Waals surface area (Å²) in [5.74, 6) is -0.850. The Morgan fingerprint density at radius 2 is 1.74 bits per heavy atom. The first-order valence-corrected chi connectivity index (χ1v) is 6.12. The van der Waals surface area contributed by atoms with Gasteiger partial charge in [-0.1, -0.05) is 6.07 Å². The molecule has 1 aliphatic rings. The number of aliphatic imine (C=N–C) groups is 1. The molecule has 2 N–H and O–H groups in total. The van der Waals surface area contributed by atoms with Crippen LogP contribution in [0.1, 0.15) is 5.56 Å². The third kappa shape index (κ3) is 3.40. The Bertz CT molecular complexity index is 673. The van der Waals surface area contributed by atoms with Gasteiger partial charge in [0, 0.05) is 18.8 Å². The van der Waals surface area contributed by atoms with Crippen molar-refractivity contribution in [3.05, 3.63) is 35.8 Å². The van der Waals surface area contributed by atoms with Crippen molar-refractivity contribution in [2.75, 3.05) is 12.8 Å². The average Bonchev–Trinajstić information content (AvgIpc) is 2.38. The summed E-state index contributed by atoms with van der Waals surface area (Å²) in [4.78, 5) is 3.31. The van der Waals surface area contributed by atoms with Gasteiger partial charge in [-0.25, -0.2) is 9.38 Å². The van der Waals surface area contributed by atoms with Gasteiger partial charge >= 0.3 is 12.4 Å². The van der Waals surface area contributed by atoms with E-state index in [-0.39, 0.29) is 5.56 Å². The number of nitrogens with zero attached hydrogens (tertiary/aromatic N) is 2. The molecule has 0 aromatic heterocycles. The van der Waals surface area contributed by atoms with Gasteiger partial charge in [0.05, 0.1) is 5.69 Å². The van der Waals surface area contributed by atoms with Crippen LogP contribution in [0.2, 0.25) is 0 Å². The number of hydrogen-bond donors (Lipinski definition) is 1. The second-order valence-corrected chi connectivity index (χ2v) is 4.84. The van der Waals surface area contributed by atoms with E-state index < -0.39 is 41.3 Å². The lowest BCUT2D eigenvalue weighted by Gasteiger charge is -2.32. The van der Waals surface area contributed by atoms with Gasteiger partial charge in [0.25, 0.3) is 0 Å². The Balaban J connectivity index is 2.58. The van der Waals surface area contributed by atoms with Crippen molar-refractivity contribution in [1.29, 1.82) is 0 Å². The van der Waals surface area contributed by atoms with Gasteiger partial charge in [0.1, 0.15) is 5.82 Å². The van der Waals surface area contributed by atoms with Crippen LogP contribution in [0.3, 0.4) is 0 Å². The largest absolute Gasteiger partial charge is 0.433 e. The van der Waals surface area contributed by atoms with Gasteiger partial charge in [-0.15, -0.1) is 0 Å². The molecule has 0 amide bonds. The summed E-state index contributed by atoms with van der Waals surface area (Å²) < 4.78 is 90.7. The number of nitrogen functional groups attached to an aromatic ring is 1. The average molecular weight is 341 g/mol. The molecule has 1 aliphatic heterocycles. The number of alkyl halides is 6. The summed E-state index contributed by atoms with van der Waals surface area (Å²) in [5.41, 5.74) is 2.37. The van der Waals surface area contributed by atoms with Gasteiger partial charge in [-0.3, -0.25) is 0 Å². The minimum atomic E-state index is -5.11. The minimum Gasteiger partial charge on any atom is -0.396 e. The summed E-state index contributed by atoms with van der Waals surface area (Å²) >= 11 is 0. The quantitative estimate of drug-likeness (QED) is 0.627. The maximum Gasteiger partial charge on any atom is 0.433 e. The molecule has 23 heavy (non-hydrogen) atoms. The zero-order valence-electron chi connectivity index (χ0n) is 11.5. The Morgan fingerprint density at radius 3 is 2.22 bits per heavy atom. The van der Waals surface area contributed by atoms with Crippen LogP contribution in [0.4, 0.5) is 36.4 Å². The van der Waals surface area contributed by atoms with E-state index in [2.05, 4.69) is 4.99 Å². The maximum absolute atomic E-state index is 13.1. The maximum atomic E-state index is 13.1. The molecular formula is C13H10F7N3. The zero-order chi connectivity index (χ0) is 17.6. The van der Waals surface area contributed by atoms with Crippen LogP contribution < -0.4 is 5.73 Å². The monoisotopic (exact) mass is 341 g/mol. The van der Waals surface area contributed by atoms with Crippen LogP contribution in [-0.2, 0) is 0 Å². The van der Waals surface area contributed by atoms with Crippen molar-refractivity contribution in [2.24, 2.45) is 4.99 Å². The summed E-state index contributed by atoms with van der Waals surface area (Å²) in [7, 11) is 0.946.